The summed E-state index contributed by atoms with van der Waals surface area (Å²) in [6.07, 6.45) is 0.310. The van der Waals surface area contributed by atoms with Gasteiger partial charge in [-0.25, -0.2) is 0 Å². The van der Waals surface area contributed by atoms with Crippen LogP contribution in [-0.4, -0.2) is 18.3 Å². The first-order valence-electron chi connectivity index (χ1n) is 5.39. The first-order chi connectivity index (χ1) is 7.04. The molecule has 0 saturated heterocycles. The molecule has 1 N–H and O–H groups in total. The van der Waals surface area contributed by atoms with Gasteiger partial charge in [0.15, 0.2) is 0 Å². The van der Waals surface area contributed by atoms with Crippen molar-refractivity contribution in [2.45, 2.75) is 39.2 Å². The Balaban J connectivity index is 3.02. The maximum absolute atomic E-state index is 9.40. The van der Waals surface area contributed by atoms with Crippen molar-refractivity contribution in [3.05, 3.63) is 29.3 Å². The molecule has 84 valence electrons. The van der Waals surface area contributed by atoms with Crippen molar-refractivity contribution in [2.75, 3.05) is 7.11 Å². The van der Waals surface area contributed by atoms with Crippen LogP contribution in [0.2, 0.25) is 0 Å². The Hall–Kier alpha value is -1.02. The van der Waals surface area contributed by atoms with Crippen LogP contribution in [0.1, 0.15) is 37.8 Å². The number of hydrogen-bond donors (Lipinski definition) is 1. The molecule has 15 heavy (non-hydrogen) atoms. The minimum absolute atomic E-state index is 0.332. The van der Waals surface area contributed by atoms with E-state index >= 15 is 0 Å². The third-order valence-electron chi connectivity index (χ3n) is 2.49. The Morgan fingerprint density at radius 2 is 1.93 bits per heavy atom. The number of hydrogen-bond acceptors (Lipinski definition) is 2. The van der Waals surface area contributed by atoms with E-state index in [1.807, 2.05) is 6.07 Å². The molecule has 2 heteroatoms. The van der Waals surface area contributed by atoms with Gasteiger partial charge in [0.1, 0.15) is 5.75 Å². The van der Waals surface area contributed by atoms with Crippen LogP contribution < -0.4 is 4.74 Å². The van der Waals surface area contributed by atoms with Crippen LogP contribution in [0.4, 0.5) is 0 Å². The summed E-state index contributed by atoms with van der Waals surface area (Å²) in [6, 6.07) is 6.18. The molecule has 1 atom stereocenters. The summed E-state index contributed by atoms with van der Waals surface area (Å²) < 4.78 is 5.27. The largest absolute Gasteiger partial charge is 0.496 e. The van der Waals surface area contributed by atoms with Crippen LogP contribution in [0.15, 0.2) is 18.2 Å². The van der Waals surface area contributed by atoms with E-state index in [9.17, 15) is 5.11 Å². The van der Waals surface area contributed by atoms with Gasteiger partial charge >= 0.3 is 0 Å². The van der Waals surface area contributed by atoms with E-state index in [1.165, 1.54) is 5.56 Å². The number of aliphatic hydroxyl groups is 1. The average molecular weight is 208 g/mol. The lowest BCUT2D eigenvalue weighted by Gasteiger charge is -2.13. The van der Waals surface area contributed by atoms with Gasteiger partial charge in [0.05, 0.1) is 13.2 Å². The first-order valence-corrected chi connectivity index (χ1v) is 5.39. The topological polar surface area (TPSA) is 29.5 Å². The van der Waals surface area contributed by atoms with Crippen molar-refractivity contribution >= 4 is 0 Å². The van der Waals surface area contributed by atoms with Crippen molar-refractivity contribution in [1.82, 2.24) is 0 Å². The number of methoxy groups -OCH3 is 1. The fourth-order valence-corrected chi connectivity index (χ4v) is 1.64. The Labute approximate surface area is 91.9 Å². The van der Waals surface area contributed by atoms with E-state index in [0.29, 0.717) is 12.3 Å². The molecule has 1 unspecified atom stereocenters. The molecule has 1 aromatic rings. The van der Waals surface area contributed by atoms with E-state index in [0.717, 1.165) is 11.3 Å². The van der Waals surface area contributed by atoms with Crippen LogP contribution in [0.5, 0.6) is 5.75 Å². The van der Waals surface area contributed by atoms with Gasteiger partial charge in [0.2, 0.25) is 0 Å². The van der Waals surface area contributed by atoms with Crippen LogP contribution >= 0.6 is 0 Å². The summed E-state index contributed by atoms with van der Waals surface area (Å²) in [7, 11) is 1.66. The lowest BCUT2D eigenvalue weighted by Crippen LogP contribution is -2.06. The molecule has 0 fully saturated rings. The van der Waals surface area contributed by atoms with Gasteiger partial charge in [0, 0.05) is 6.42 Å². The monoisotopic (exact) mass is 208 g/mol. The van der Waals surface area contributed by atoms with Crippen molar-refractivity contribution in [1.29, 1.82) is 0 Å². The van der Waals surface area contributed by atoms with E-state index in [-0.39, 0.29) is 6.10 Å². The highest BCUT2D eigenvalue weighted by Gasteiger charge is 2.08. The van der Waals surface area contributed by atoms with E-state index < -0.39 is 0 Å². The second-order valence-electron chi connectivity index (χ2n) is 4.28. The van der Waals surface area contributed by atoms with E-state index in [1.54, 1.807) is 14.0 Å². The maximum atomic E-state index is 9.40. The zero-order valence-corrected chi connectivity index (χ0v) is 9.95. The molecule has 1 aromatic carbocycles. The normalized spacial score (nSPS) is 12.9. The first kappa shape index (κ1) is 12.1. The zero-order valence-electron chi connectivity index (χ0n) is 9.95. The zero-order chi connectivity index (χ0) is 11.4. The van der Waals surface area contributed by atoms with Crippen molar-refractivity contribution in [3.63, 3.8) is 0 Å². The van der Waals surface area contributed by atoms with Gasteiger partial charge in [-0.3, -0.25) is 0 Å². The number of ether oxygens (including phenoxy) is 1. The third kappa shape index (κ3) is 3.24. The molecule has 0 aliphatic heterocycles. The minimum Gasteiger partial charge on any atom is -0.496 e. The van der Waals surface area contributed by atoms with Gasteiger partial charge in [0.25, 0.3) is 0 Å². The number of rotatable bonds is 4. The number of benzene rings is 1. The predicted octanol–water partition coefficient (Wildman–Crippen LogP) is 2.74. The van der Waals surface area contributed by atoms with Gasteiger partial charge < -0.3 is 9.84 Å². The minimum atomic E-state index is -0.332. The lowest BCUT2D eigenvalue weighted by molar-refractivity contribution is 0.194. The van der Waals surface area contributed by atoms with E-state index in [4.69, 9.17) is 4.74 Å². The Morgan fingerprint density at radius 1 is 1.27 bits per heavy atom. The molecule has 0 saturated carbocycles. The molecule has 0 radical (unpaired) electrons. The second kappa shape index (κ2) is 5.17. The van der Waals surface area contributed by atoms with Crippen LogP contribution in [0.25, 0.3) is 0 Å². The average Bonchev–Trinajstić information content (AvgIpc) is 2.16. The molecule has 0 heterocycles. The summed E-state index contributed by atoms with van der Waals surface area (Å²) in [5.41, 5.74) is 2.37. The number of aliphatic hydroxyl groups excluding tert-OH is 1. The molecule has 0 aliphatic carbocycles. The van der Waals surface area contributed by atoms with Crippen molar-refractivity contribution in [2.24, 2.45) is 0 Å². The maximum Gasteiger partial charge on any atom is 0.122 e. The molecular weight excluding hydrogens is 188 g/mol. The highest BCUT2D eigenvalue weighted by atomic mass is 16.5. The molecular formula is C13H20O2. The molecule has 0 aliphatic rings. The molecule has 0 aromatic heterocycles. The molecule has 0 bridgehead atoms. The van der Waals surface area contributed by atoms with Crippen molar-refractivity contribution in [3.8, 4) is 5.75 Å². The standard InChI is InChI=1S/C13H20O2/c1-9(2)11-5-6-13(15-4)12(8-11)7-10(3)14/h5-6,8-10,14H,7H2,1-4H3. The molecule has 2 nitrogen and oxygen atoms in total. The van der Waals surface area contributed by atoms with Crippen LogP contribution in [-0.2, 0) is 6.42 Å². The highest BCUT2D eigenvalue weighted by molar-refractivity contribution is 5.38. The summed E-state index contributed by atoms with van der Waals surface area (Å²) in [5.74, 6) is 1.36. The quantitative estimate of drug-likeness (QED) is 0.824. The van der Waals surface area contributed by atoms with Crippen LogP contribution in [0, 0.1) is 0 Å². The summed E-state index contributed by atoms with van der Waals surface area (Å²) in [6.45, 7) is 6.11. The predicted molar refractivity (Wildman–Crippen MR) is 62.5 cm³/mol. The summed E-state index contributed by atoms with van der Waals surface area (Å²) >= 11 is 0. The third-order valence-corrected chi connectivity index (χ3v) is 2.49. The highest BCUT2D eigenvalue weighted by Crippen LogP contribution is 2.25. The van der Waals surface area contributed by atoms with Gasteiger partial charge in [-0.05, 0) is 30.0 Å². The fraction of sp³-hybridized carbons (Fsp3) is 0.538. The molecule has 0 amide bonds. The fourth-order valence-electron chi connectivity index (χ4n) is 1.64. The summed E-state index contributed by atoms with van der Waals surface area (Å²) in [4.78, 5) is 0. The Bertz CT molecular complexity index is 316. The lowest BCUT2D eigenvalue weighted by atomic mass is 9.98. The van der Waals surface area contributed by atoms with Gasteiger partial charge in [-0.15, -0.1) is 0 Å². The SMILES string of the molecule is COc1ccc(C(C)C)cc1CC(C)O. The Morgan fingerprint density at radius 3 is 2.40 bits per heavy atom. The van der Waals surface area contributed by atoms with E-state index in [2.05, 4.69) is 26.0 Å². The van der Waals surface area contributed by atoms with Gasteiger partial charge in [-0.1, -0.05) is 26.0 Å². The smallest absolute Gasteiger partial charge is 0.122 e. The molecule has 0 spiro atoms. The van der Waals surface area contributed by atoms with Crippen LogP contribution in [0.3, 0.4) is 0 Å². The summed E-state index contributed by atoms with van der Waals surface area (Å²) in [5, 5.41) is 9.40. The Kier molecular flexibility index (Phi) is 4.15. The van der Waals surface area contributed by atoms with Gasteiger partial charge in [-0.2, -0.15) is 0 Å². The second-order valence-corrected chi connectivity index (χ2v) is 4.28. The van der Waals surface area contributed by atoms with Crippen molar-refractivity contribution < 1.29 is 9.84 Å². The molecule has 1 rings (SSSR count).